The van der Waals surface area contributed by atoms with Crippen molar-refractivity contribution < 1.29 is 0 Å². The molecule has 1 aliphatic rings. The minimum Gasteiger partial charge on any atom is -0.314 e. The fourth-order valence-electron chi connectivity index (χ4n) is 2.14. The summed E-state index contributed by atoms with van der Waals surface area (Å²) in [4.78, 5) is 7.26. The van der Waals surface area contributed by atoms with Crippen LogP contribution in [0.5, 0.6) is 0 Å². The van der Waals surface area contributed by atoms with Crippen LogP contribution in [0.1, 0.15) is 31.5 Å². The van der Waals surface area contributed by atoms with Gasteiger partial charge in [-0.05, 0) is 20.3 Å². The third-order valence-electron chi connectivity index (χ3n) is 3.39. The average Bonchev–Trinajstić information content (AvgIpc) is 2.79. The first kappa shape index (κ1) is 12.0. The lowest BCUT2D eigenvalue weighted by molar-refractivity contribution is 0.0992. The molecule has 0 radical (unpaired) electrons. The van der Waals surface area contributed by atoms with Crippen LogP contribution >= 0.6 is 11.3 Å². The van der Waals surface area contributed by atoms with Crippen LogP contribution < -0.4 is 5.32 Å². The average molecular weight is 239 g/mol. The Morgan fingerprint density at radius 2 is 2.12 bits per heavy atom. The van der Waals surface area contributed by atoms with Crippen LogP contribution in [0.2, 0.25) is 0 Å². The highest BCUT2D eigenvalue weighted by molar-refractivity contribution is 7.09. The lowest BCUT2D eigenvalue weighted by Crippen LogP contribution is -2.51. The van der Waals surface area contributed by atoms with Gasteiger partial charge in [-0.15, -0.1) is 11.3 Å². The molecule has 0 unspecified atom stereocenters. The minimum absolute atomic E-state index is 0.0754. The molecule has 4 heteroatoms. The predicted octanol–water partition coefficient (Wildman–Crippen LogP) is 1.85. The van der Waals surface area contributed by atoms with Gasteiger partial charge in [-0.3, -0.25) is 4.90 Å². The van der Waals surface area contributed by atoms with Crippen LogP contribution in [0, 0.1) is 0 Å². The summed E-state index contributed by atoms with van der Waals surface area (Å²) in [5.74, 6) is 0. The Labute approximate surface area is 102 Å². The van der Waals surface area contributed by atoms with Gasteiger partial charge in [0.25, 0.3) is 0 Å². The molecule has 1 saturated heterocycles. The van der Waals surface area contributed by atoms with Crippen LogP contribution in [0.15, 0.2) is 5.38 Å². The third-order valence-corrected chi connectivity index (χ3v) is 4.38. The van der Waals surface area contributed by atoms with E-state index in [-0.39, 0.29) is 5.54 Å². The monoisotopic (exact) mass is 239 g/mol. The van der Waals surface area contributed by atoms with E-state index in [0.717, 1.165) is 32.6 Å². The van der Waals surface area contributed by atoms with E-state index in [9.17, 15) is 0 Å². The number of piperazine rings is 1. The van der Waals surface area contributed by atoms with Crippen LogP contribution in [0.4, 0.5) is 0 Å². The molecule has 0 aliphatic carbocycles. The second-order valence-electron chi connectivity index (χ2n) is 4.78. The Balaban J connectivity index is 2.15. The smallest absolute Gasteiger partial charge is 0.0926 e. The van der Waals surface area contributed by atoms with Gasteiger partial charge in [-0.25, -0.2) is 4.98 Å². The molecule has 0 atom stereocenters. The number of aryl methyl sites for hydroxylation is 1. The molecule has 16 heavy (non-hydrogen) atoms. The summed E-state index contributed by atoms with van der Waals surface area (Å²) in [6, 6.07) is 0. The molecule has 2 rings (SSSR count). The maximum atomic E-state index is 4.73. The quantitative estimate of drug-likeness (QED) is 0.872. The van der Waals surface area contributed by atoms with E-state index < -0.39 is 0 Å². The van der Waals surface area contributed by atoms with Crippen molar-refractivity contribution in [2.75, 3.05) is 26.2 Å². The van der Waals surface area contributed by atoms with Crippen LogP contribution in [-0.4, -0.2) is 36.1 Å². The molecule has 0 aromatic carbocycles. The molecule has 3 nitrogen and oxygen atoms in total. The number of thiazole rings is 1. The van der Waals surface area contributed by atoms with Crippen molar-refractivity contribution in [3.8, 4) is 0 Å². The lowest BCUT2D eigenvalue weighted by Gasteiger charge is -2.40. The van der Waals surface area contributed by atoms with Crippen molar-refractivity contribution in [2.45, 2.75) is 32.7 Å². The number of nitrogens with one attached hydrogen (secondary N) is 1. The highest BCUT2D eigenvalue weighted by atomic mass is 32.1. The Morgan fingerprint density at radius 1 is 1.44 bits per heavy atom. The first-order valence-corrected chi connectivity index (χ1v) is 6.93. The van der Waals surface area contributed by atoms with Gasteiger partial charge in [0.05, 0.1) is 16.2 Å². The van der Waals surface area contributed by atoms with Crippen molar-refractivity contribution >= 4 is 11.3 Å². The van der Waals surface area contributed by atoms with Crippen molar-refractivity contribution in [3.05, 3.63) is 16.1 Å². The van der Waals surface area contributed by atoms with Crippen LogP contribution in [0.25, 0.3) is 0 Å². The first-order chi connectivity index (χ1) is 7.64. The maximum absolute atomic E-state index is 4.73. The van der Waals surface area contributed by atoms with Gasteiger partial charge in [0.2, 0.25) is 0 Å². The summed E-state index contributed by atoms with van der Waals surface area (Å²) in [5, 5.41) is 6.87. The van der Waals surface area contributed by atoms with Crippen molar-refractivity contribution in [2.24, 2.45) is 0 Å². The third kappa shape index (κ3) is 2.29. The van der Waals surface area contributed by atoms with E-state index in [2.05, 4.69) is 36.4 Å². The van der Waals surface area contributed by atoms with Gasteiger partial charge in [0.1, 0.15) is 0 Å². The molecular formula is C12H21N3S. The fourth-order valence-corrected chi connectivity index (χ4v) is 3.05. The zero-order chi connectivity index (χ0) is 11.6. The Bertz CT molecular complexity index is 340. The molecule has 0 amide bonds. The second kappa shape index (κ2) is 4.82. The van der Waals surface area contributed by atoms with Crippen molar-refractivity contribution in [1.82, 2.24) is 15.2 Å². The van der Waals surface area contributed by atoms with E-state index >= 15 is 0 Å². The van der Waals surface area contributed by atoms with Gasteiger partial charge in [0.15, 0.2) is 0 Å². The first-order valence-electron chi connectivity index (χ1n) is 6.05. The van der Waals surface area contributed by atoms with Gasteiger partial charge in [-0.1, -0.05) is 6.92 Å². The Kier molecular flexibility index (Phi) is 3.62. The number of aromatic nitrogens is 1. The highest BCUT2D eigenvalue weighted by Gasteiger charge is 2.31. The zero-order valence-electron chi connectivity index (χ0n) is 10.4. The summed E-state index contributed by atoms with van der Waals surface area (Å²) in [6.07, 6.45) is 1.04. The molecule has 1 aliphatic heterocycles. The summed E-state index contributed by atoms with van der Waals surface area (Å²) < 4.78 is 0. The SMILES string of the molecule is CCc1nc(C(C)(C)N2CCNCC2)cs1. The largest absolute Gasteiger partial charge is 0.314 e. The Morgan fingerprint density at radius 3 is 2.69 bits per heavy atom. The maximum Gasteiger partial charge on any atom is 0.0926 e. The van der Waals surface area contributed by atoms with Crippen molar-refractivity contribution in [3.63, 3.8) is 0 Å². The predicted molar refractivity (Wildman–Crippen MR) is 69.0 cm³/mol. The number of rotatable bonds is 3. The molecule has 1 fully saturated rings. The minimum atomic E-state index is 0.0754. The van der Waals surface area contributed by atoms with E-state index in [1.165, 1.54) is 10.7 Å². The normalized spacial score (nSPS) is 18.9. The van der Waals surface area contributed by atoms with Gasteiger partial charge in [0, 0.05) is 31.6 Å². The molecule has 1 aromatic heterocycles. The number of hydrogen-bond donors (Lipinski definition) is 1. The van der Waals surface area contributed by atoms with E-state index in [1.54, 1.807) is 11.3 Å². The summed E-state index contributed by atoms with van der Waals surface area (Å²) in [5.41, 5.74) is 1.31. The van der Waals surface area contributed by atoms with Gasteiger partial charge >= 0.3 is 0 Å². The number of hydrogen-bond acceptors (Lipinski definition) is 4. The summed E-state index contributed by atoms with van der Waals surface area (Å²) in [6.45, 7) is 11.2. The van der Waals surface area contributed by atoms with Gasteiger partial charge < -0.3 is 5.32 Å². The van der Waals surface area contributed by atoms with Crippen LogP contribution in [-0.2, 0) is 12.0 Å². The van der Waals surface area contributed by atoms with E-state index in [1.807, 2.05) is 0 Å². The van der Waals surface area contributed by atoms with Gasteiger partial charge in [-0.2, -0.15) is 0 Å². The molecule has 0 spiro atoms. The topological polar surface area (TPSA) is 28.2 Å². The molecule has 1 aromatic rings. The van der Waals surface area contributed by atoms with Crippen LogP contribution in [0.3, 0.4) is 0 Å². The molecule has 90 valence electrons. The lowest BCUT2D eigenvalue weighted by atomic mass is 9.98. The second-order valence-corrected chi connectivity index (χ2v) is 5.72. The molecule has 1 N–H and O–H groups in total. The molecule has 0 bridgehead atoms. The molecule has 2 heterocycles. The fraction of sp³-hybridized carbons (Fsp3) is 0.750. The standard InChI is InChI=1S/C12H21N3S/c1-4-11-14-10(9-16-11)12(2,3)15-7-5-13-6-8-15/h9,13H,4-8H2,1-3H3. The summed E-state index contributed by atoms with van der Waals surface area (Å²) >= 11 is 1.79. The number of nitrogens with zero attached hydrogens (tertiary/aromatic N) is 2. The Hall–Kier alpha value is -0.450. The highest BCUT2D eigenvalue weighted by Crippen LogP contribution is 2.29. The zero-order valence-corrected chi connectivity index (χ0v) is 11.2. The molecule has 0 saturated carbocycles. The summed E-state index contributed by atoms with van der Waals surface area (Å²) in [7, 11) is 0. The van der Waals surface area contributed by atoms with E-state index in [4.69, 9.17) is 4.98 Å². The van der Waals surface area contributed by atoms with E-state index in [0.29, 0.717) is 0 Å². The molecular weight excluding hydrogens is 218 g/mol. The van der Waals surface area contributed by atoms with Crippen molar-refractivity contribution in [1.29, 1.82) is 0 Å².